The van der Waals surface area contributed by atoms with Crippen LogP contribution < -0.4 is 32.6 Å². The van der Waals surface area contributed by atoms with Crippen molar-refractivity contribution in [2.45, 2.75) is 43.7 Å². The van der Waals surface area contributed by atoms with Crippen molar-refractivity contribution < 1.29 is 29.0 Å². The smallest absolute Gasteiger partial charge is 0.328 e. The lowest BCUT2D eigenvalue weighted by Crippen LogP contribution is -2.51. The number of nitrogens with two attached hydrogens (primary N) is 3. The molecule has 0 fully saturated rings. The van der Waals surface area contributed by atoms with E-state index in [2.05, 4.69) is 15.6 Å². The van der Waals surface area contributed by atoms with Crippen molar-refractivity contribution in [3.8, 4) is 11.5 Å². The van der Waals surface area contributed by atoms with E-state index in [1.807, 2.05) is 30.3 Å². The number of aliphatic carboxylic acids is 1. The Balaban J connectivity index is 1.43. The number of nitrogens with zero attached hydrogens (tertiary/aromatic N) is 1. The molecule has 9 N–H and O–H groups in total. The zero-order valence-corrected chi connectivity index (χ0v) is 24.7. The van der Waals surface area contributed by atoms with Crippen LogP contribution in [0.25, 0.3) is 0 Å². The van der Waals surface area contributed by atoms with Crippen LogP contribution in [0.2, 0.25) is 0 Å². The van der Waals surface area contributed by atoms with Crippen LogP contribution >= 0.6 is 0 Å². The minimum Gasteiger partial charge on any atom is -0.480 e. The zero-order valence-electron chi connectivity index (χ0n) is 24.7. The van der Waals surface area contributed by atoms with Crippen molar-refractivity contribution >= 4 is 29.5 Å². The number of Topliss-reactive ketones (excluding diaryl/α,β-unsaturated/α-hetero) is 1. The summed E-state index contributed by atoms with van der Waals surface area (Å²) >= 11 is 0. The fraction of sp³-hybridized carbons (Fsp3) is 0.303. The van der Waals surface area contributed by atoms with Crippen molar-refractivity contribution in [2.75, 3.05) is 13.1 Å². The lowest BCUT2D eigenvalue weighted by Gasteiger charge is -2.28. The minimum absolute atomic E-state index is 0.103. The van der Waals surface area contributed by atoms with Gasteiger partial charge in [0.1, 0.15) is 17.5 Å². The van der Waals surface area contributed by atoms with Gasteiger partial charge in [0.05, 0.1) is 12.0 Å². The molecule has 236 valence electrons. The number of benzene rings is 3. The van der Waals surface area contributed by atoms with E-state index in [1.165, 1.54) is 0 Å². The predicted molar refractivity (Wildman–Crippen MR) is 169 cm³/mol. The monoisotopic (exact) mass is 614 g/mol. The molecule has 0 radical (unpaired) electrons. The number of guanidine groups is 1. The van der Waals surface area contributed by atoms with Gasteiger partial charge in [-0.1, -0.05) is 66.7 Å². The molecule has 12 nitrogen and oxygen atoms in total. The van der Waals surface area contributed by atoms with Gasteiger partial charge in [-0.25, -0.2) is 4.79 Å². The number of carboxylic acid groups (broad SMARTS) is 1. The van der Waals surface area contributed by atoms with Crippen LogP contribution in [-0.2, 0) is 25.6 Å². The first-order valence-electron chi connectivity index (χ1n) is 14.7. The van der Waals surface area contributed by atoms with Crippen LogP contribution in [0.15, 0.2) is 83.9 Å². The summed E-state index contributed by atoms with van der Waals surface area (Å²) in [5, 5.41) is 15.1. The first-order chi connectivity index (χ1) is 21.6. The van der Waals surface area contributed by atoms with Gasteiger partial charge in [0.2, 0.25) is 11.8 Å². The van der Waals surface area contributed by atoms with E-state index in [0.717, 1.165) is 5.56 Å². The van der Waals surface area contributed by atoms with Crippen molar-refractivity contribution in [3.63, 3.8) is 0 Å². The fourth-order valence-electron chi connectivity index (χ4n) is 5.23. The number of hydrogen-bond donors (Lipinski definition) is 6. The Morgan fingerprint density at radius 1 is 0.889 bits per heavy atom. The molecule has 0 aromatic heterocycles. The lowest BCUT2D eigenvalue weighted by molar-refractivity contribution is -0.142. The van der Waals surface area contributed by atoms with E-state index in [1.54, 1.807) is 48.5 Å². The molecule has 2 amide bonds. The van der Waals surface area contributed by atoms with Crippen LogP contribution in [-0.4, -0.2) is 59.8 Å². The van der Waals surface area contributed by atoms with Gasteiger partial charge >= 0.3 is 5.97 Å². The summed E-state index contributed by atoms with van der Waals surface area (Å²) in [7, 11) is 0. The van der Waals surface area contributed by atoms with Gasteiger partial charge in [-0.15, -0.1) is 0 Å². The maximum Gasteiger partial charge on any atom is 0.328 e. The number of carboxylic acids is 1. The first kappa shape index (κ1) is 32.7. The quantitative estimate of drug-likeness (QED) is 0.0835. The number of rotatable bonds is 15. The highest BCUT2D eigenvalue weighted by molar-refractivity contribution is 5.92. The van der Waals surface area contributed by atoms with Gasteiger partial charge < -0.3 is 37.7 Å². The number of aliphatic imine (C=N–C) groups is 1. The molecule has 0 saturated carbocycles. The average molecular weight is 615 g/mol. The summed E-state index contributed by atoms with van der Waals surface area (Å²) in [5.74, 6) is -3.47. The molecular weight excluding hydrogens is 576 g/mol. The molecule has 0 spiro atoms. The standard InChI is InChI=1S/C33H38N6O6/c34-24(17-20-9-2-1-3-10-20)26(40)18-21(11-8-16-37-33(35)36)30(41)39-25(32(43)44)19-38-31(42)29-22-12-4-6-14-27(22)45-28-15-7-5-13-23(28)29/h1-7,9-10,12-15,21,24-25,29H,8,11,16-19,34H2,(H,38,42)(H,39,41)(H,43,44)(H4,35,36,37)/t21-,24+,25?/m1/s1. The van der Waals surface area contributed by atoms with E-state index >= 15 is 0 Å². The van der Waals surface area contributed by atoms with Gasteiger partial charge in [0.15, 0.2) is 11.7 Å². The van der Waals surface area contributed by atoms with Gasteiger partial charge in [-0.05, 0) is 37.0 Å². The molecule has 1 aliphatic rings. The van der Waals surface area contributed by atoms with E-state index in [4.69, 9.17) is 21.9 Å². The number of nitrogens with one attached hydrogen (secondary N) is 2. The molecule has 1 heterocycles. The number of carbonyl (C=O) groups excluding carboxylic acids is 3. The number of ketones is 1. The number of amides is 2. The van der Waals surface area contributed by atoms with Gasteiger partial charge in [0.25, 0.3) is 0 Å². The van der Waals surface area contributed by atoms with E-state index < -0.39 is 41.7 Å². The SMILES string of the molecule is NC(N)=NCCC[C@H](CC(=O)[C@@H](N)Cc1ccccc1)C(=O)NC(CNC(=O)C1c2ccccc2Oc2ccccc21)C(=O)O. The number of hydrogen-bond acceptors (Lipinski definition) is 7. The third-order valence-electron chi connectivity index (χ3n) is 7.57. The molecule has 3 aromatic carbocycles. The molecule has 0 bridgehead atoms. The van der Waals surface area contributed by atoms with Crippen LogP contribution in [0.4, 0.5) is 0 Å². The van der Waals surface area contributed by atoms with Crippen molar-refractivity contribution in [2.24, 2.45) is 28.1 Å². The molecule has 12 heteroatoms. The Bertz CT molecular complexity index is 1500. The van der Waals surface area contributed by atoms with E-state index in [-0.39, 0.29) is 37.7 Å². The Morgan fingerprint density at radius 3 is 2.09 bits per heavy atom. The molecule has 3 atom stereocenters. The highest BCUT2D eigenvalue weighted by Crippen LogP contribution is 2.43. The second-order valence-corrected chi connectivity index (χ2v) is 10.9. The van der Waals surface area contributed by atoms with Gasteiger partial charge in [0, 0.05) is 36.6 Å². The summed E-state index contributed by atoms with van der Waals surface area (Å²) in [6.45, 7) is -0.160. The first-order valence-corrected chi connectivity index (χ1v) is 14.7. The zero-order chi connectivity index (χ0) is 32.3. The lowest BCUT2D eigenvalue weighted by atomic mass is 9.87. The second kappa shape index (κ2) is 15.5. The Labute approximate surface area is 261 Å². The molecule has 1 unspecified atom stereocenters. The van der Waals surface area contributed by atoms with Crippen LogP contribution in [0, 0.1) is 5.92 Å². The molecule has 45 heavy (non-hydrogen) atoms. The van der Waals surface area contributed by atoms with Gasteiger partial charge in [-0.2, -0.15) is 0 Å². The molecule has 0 saturated heterocycles. The minimum atomic E-state index is -1.46. The number of ether oxygens (including phenoxy) is 1. The Morgan fingerprint density at radius 2 is 1.49 bits per heavy atom. The number of carbonyl (C=O) groups is 4. The summed E-state index contributed by atoms with van der Waals surface area (Å²) in [6.07, 6.45) is 0.676. The number of para-hydroxylation sites is 2. The maximum atomic E-state index is 13.5. The third kappa shape index (κ3) is 8.89. The number of fused-ring (bicyclic) bond motifs is 2. The molecule has 3 aromatic rings. The van der Waals surface area contributed by atoms with Crippen molar-refractivity contribution in [3.05, 3.63) is 95.6 Å². The average Bonchev–Trinajstić information content (AvgIpc) is 3.03. The summed E-state index contributed by atoms with van der Waals surface area (Å²) < 4.78 is 5.95. The van der Waals surface area contributed by atoms with E-state index in [9.17, 15) is 24.3 Å². The third-order valence-corrected chi connectivity index (χ3v) is 7.57. The van der Waals surface area contributed by atoms with E-state index in [0.29, 0.717) is 35.5 Å². The summed E-state index contributed by atoms with van der Waals surface area (Å²) in [6, 6.07) is 21.2. The predicted octanol–water partition coefficient (Wildman–Crippen LogP) is 1.81. The highest BCUT2D eigenvalue weighted by atomic mass is 16.5. The Kier molecular flexibility index (Phi) is 11.2. The Hall–Kier alpha value is -5.23. The summed E-state index contributed by atoms with van der Waals surface area (Å²) in [4.78, 5) is 56.1. The normalized spacial score (nSPS) is 14.0. The topological polar surface area (TPSA) is 212 Å². The largest absolute Gasteiger partial charge is 0.480 e. The fourth-order valence-corrected chi connectivity index (χ4v) is 5.23. The summed E-state index contributed by atoms with van der Waals surface area (Å²) in [5.41, 5.74) is 19.1. The second-order valence-electron chi connectivity index (χ2n) is 10.9. The maximum absolute atomic E-state index is 13.5. The molecule has 0 aliphatic carbocycles. The van der Waals surface area contributed by atoms with Crippen molar-refractivity contribution in [1.82, 2.24) is 10.6 Å². The molecular formula is C33H38N6O6. The highest BCUT2D eigenvalue weighted by Gasteiger charge is 2.34. The molecule has 1 aliphatic heterocycles. The van der Waals surface area contributed by atoms with Gasteiger partial charge in [-0.3, -0.25) is 19.4 Å². The van der Waals surface area contributed by atoms with Crippen LogP contribution in [0.3, 0.4) is 0 Å². The van der Waals surface area contributed by atoms with Crippen LogP contribution in [0.5, 0.6) is 11.5 Å². The molecule has 4 rings (SSSR count). The van der Waals surface area contributed by atoms with Crippen LogP contribution in [0.1, 0.15) is 41.9 Å². The van der Waals surface area contributed by atoms with Crippen molar-refractivity contribution in [1.29, 1.82) is 0 Å².